The molecule has 1 atom stereocenters. The van der Waals surface area contributed by atoms with Gasteiger partial charge in [-0.1, -0.05) is 12.1 Å². The van der Waals surface area contributed by atoms with Crippen LogP contribution in [0.1, 0.15) is 40.0 Å². The van der Waals surface area contributed by atoms with E-state index >= 15 is 0 Å². The molecule has 2 aromatic rings. The molecule has 0 saturated carbocycles. The molecule has 4 rings (SSSR count). The van der Waals surface area contributed by atoms with Crippen molar-refractivity contribution in [3.8, 4) is 0 Å². The van der Waals surface area contributed by atoms with Gasteiger partial charge in [-0.3, -0.25) is 19.7 Å². The van der Waals surface area contributed by atoms with Crippen molar-refractivity contribution in [3.63, 3.8) is 0 Å². The number of hydrogen-bond acceptors (Lipinski definition) is 7. The normalized spacial score (nSPS) is 19.0. The summed E-state index contributed by atoms with van der Waals surface area (Å²) < 4.78 is 0. The number of carbonyl (C=O) groups is 3. The largest absolute Gasteiger partial charge is 0.357 e. The van der Waals surface area contributed by atoms with Gasteiger partial charge in [-0.05, 0) is 30.2 Å². The number of piperidine rings is 1. The van der Waals surface area contributed by atoms with Gasteiger partial charge in [0.1, 0.15) is 6.04 Å². The zero-order chi connectivity index (χ0) is 19.7. The van der Waals surface area contributed by atoms with Gasteiger partial charge in [0.2, 0.25) is 11.8 Å². The first-order valence-corrected chi connectivity index (χ1v) is 10.1. The van der Waals surface area contributed by atoms with Crippen LogP contribution < -0.4 is 16.4 Å². The van der Waals surface area contributed by atoms with Gasteiger partial charge < -0.3 is 16.0 Å². The summed E-state index contributed by atoms with van der Waals surface area (Å²) in [6, 6.07) is 5.01. The molecule has 0 aliphatic carbocycles. The minimum absolute atomic E-state index is 0.161. The summed E-state index contributed by atoms with van der Waals surface area (Å²) in [5, 5.41) is 8.43. The molecule has 9 heteroatoms. The molecule has 1 saturated heterocycles. The van der Waals surface area contributed by atoms with Crippen molar-refractivity contribution in [1.82, 2.24) is 15.2 Å². The van der Waals surface area contributed by atoms with Crippen LogP contribution in [0.15, 0.2) is 23.6 Å². The van der Waals surface area contributed by atoms with Crippen LogP contribution in [0.25, 0.3) is 0 Å². The predicted octanol–water partition coefficient (Wildman–Crippen LogP) is 1.02. The first-order chi connectivity index (χ1) is 13.6. The van der Waals surface area contributed by atoms with E-state index in [1.807, 2.05) is 17.5 Å². The monoisotopic (exact) mass is 399 g/mol. The van der Waals surface area contributed by atoms with Crippen LogP contribution in [-0.4, -0.2) is 40.2 Å². The quantitative estimate of drug-likeness (QED) is 0.624. The Kier molecular flexibility index (Phi) is 5.10. The Balaban J connectivity index is 1.49. The van der Waals surface area contributed by atoms with E-state index in [2.05, 4.69) is 15.6 Å². The van der Waals surface area contributed by atoms with Crippen molar-refractivity contribution in [2.75, 3.05) is 11.9 Å². The second-order valence-corrected chi connectivity index (χ2v) is 7.74. The minimum atomic E-state index is -0.601. The van der Waals surface area contributed by atoms with Gasteiger partial charge in [-0.2, -0.15) is 0 Å². The molecule has 8 nitrogen and oxygen atoms in total. The van der Waals surface area contributed by atoms with Crippen molar-refractivity contribution in [2.45, 2.75) is 38.4 Å². The summed E-state index contributed by atoms with van der Waals surface area (Å²) in [5.41, 5.74) is 9.06. The van der Waals surface area contributed by atoms with Crippen LogP contribution in [0.3, 0.4) is 0 Å². The maximum atomic E-state index is 12.8. The molecular weight excluding hydrogens is 378 g/mol. The van der Waals surface area contributed by atoms with Gasteiger partial charge >= 0.3 is 0 Å². The number of fused-ring (bicyclic) bond motifs is 1. The van der Waals surface area contributed by atoms with Crippen molar-refractivity contribution in [2.24, 2.45) is 5.73 Å². The van der Waals surface area contributed by atoms with Gasteiger partial charge in [0.25, 0.3) is 5.91 Å². The zero-order valence-electron chi connectivity index (χ0n) is 15.2. The van der Waals surface area contributed by atoms with E-state index in [0.717, 1.165) is 28.4 Å². The lowest BCUT2D eigenvalue weighted by Gasteiger charge is -2.29. The summed E-state index contributed by atoms with van der Waals surface area (Å²) in [7, 11) is 0. The Morgan fingerprint density at radius 2 is 2.18 bits per heavy atom. The second kappa shape index (κ2) is 7.69. The van der Waals surface area contributed by atoms with Crippen LogP contribution in [0.4, 0.5) is 5.13 Å². The average Bonchev–Trinajstić information content (AvgIpc) is 3.26. The fraction of sp³-hybridized carbons (Fsp3) is 0.368. The third-order valence-electron chi connectivity index (χ3n) is 5.06. The maximum absolute atomic E-state index is 12.8. The molecule has 0 bridgehead atoms. The number of nitrogens with one attached hydrogen (secondary N) is 2. The molecule has 1 unspecified atom stereocenters. The number of rotatable bonds is 6. The molecule has 28 heavy (non-hydrogen) atoms. The Morgan fingerprint density at radius 3 is 2.96 bits per heavy atom. The molecule has 0 radical (unpaired) electrons. The molecule has 3 heterocycles. The number of nitrogens with two attached hydrogens (primary N) is 1. The number of amides is 3. The molecule has 3 amide bonds. The van der Waals surface area contributed by atoms with E-state index < -0.39 is 11.9 Å². The van der Waals surface area contributed by atoms with Gasteiger partial charge in [-0.15, -0.1) is 11.3 Å². The minimum Gasteiger partial charge on any atom is -0.357 e. The third kappa shape index (κ3) is 3.50. The first kappa shape index (κ1) is 18.6. The second-order valence-electron chi connectivity index (χ2n) is 6.88. The predicted molar refractivity (Wildman–Crippen MR) is 105 cm³/mol. The van der Waals surface area contributed by atoms with Crippen LogP contribution in [0.5, 0.6) is 0 Å². The molecule has 2 aliphatic heterocycles. The highest BCUT2D eigenvalue weighted by atomic mass is 32.1. The number of aromatic nitrogens is 1. The van der Waals surface area contributed by atoms with E-state index in [-0.39, 0.29) is 18.2 Å². The van der Waals surface area contributed by atoms with Crippen molar-refractivity contribution in [1.29, 1.82) is 0 Å². The number of hydrogen-bond donors (Lipinski definition) is 3. The van der Waals surface area contributed by atoms with Crippen LogP contribution in [0.2, 0.25) is 0 Å². The van der Waals surface area contributed by atoms with Crippen molar-refractivity contribution in [3.05, 3.63) is 46.0 Å². The molecular formula is C19H21N5O3S. The van der Waals surface area contributed by atoms with Gasteiger partial charge in [0.15, 0.2) is 5.13 Å². The number of anilines is 1. The summed E-state index contributed by atoms with van der Waals surface area (Å²) in [6.07, 6.45) is 1.36. The van der Waals surface area contributed by atoms with Gasteiger partial charge in [0, 0.05) is 36.9 Å². The fourth-order valence-electron chi connectivity index (χ4n) is 3.64. The first-order valence-electron chi connectivity index (χ1n) is 9.20. The summed E-state index contributed by atoms with van der Waals surface area (Å²) >= 11 is 1.53. The molecule has 0 spiro atoms. The number of thiazole rings is 1. The Morgan fingerprint density at radius 1 is 1.32 bits per heavy atom. The molecule has 2 aliphatic rings. The third-order valence-corrected chi connectivity index (χ3v) is 5.91. The van der Waals surface area contributed by atoms with Crippen LogP contribution >= 0.6 is 11.3 Å². The van der Waals surface area contributed by atoms with Gasteiger partial charge in [0.05, 0.1) is 5.69 Å². The zero-order valence-corrected chi connectivity index (χ0v) is 16.1. The standard InChI is InChI=1S/C19H21N5O3S/c20-7-6-12-10-28-19(22-12)21-8-11-2-1-3-13-14(11)9-24(18(13)27)15-4-5-16(25)23-17(15)26/h1-3,10,15H,4-9,20H2,(H,21,22)(H,23,25,26). The smallest absolute Gasteiger partial charge is 0.255 e. The number of benzene rings is 1. The number of nitrogens with zero attached hydrogens (tertiary/aromatic N) is 2. The van der Waals surface area contributed by atoms with E-state index in [9.17, 15) is 14.4 Å². The summed E-state index contributed by atoms with van der Waals surface area (Å²) in [6.45, 7) is 1.47. The van der Waals surface area contributed by atoms with Crippen LogP contribution in [0, 0.1) is 0 Å². The van der Waals surface area contributed by atoms with Gasteiger partial charge in [-0.25, -0.2) is 4.98 Å². The van der Waals surface area contributed by atoms with Crippen molar-refractivity contribution < 1.29 is 14.4 Å². The molecule has 4 N–H and O–H groups in total. The van der Waals surface area contributed by atoms with E-state index in [1.165, 1.54) is 11.3 Å². The van der Waals surface area contributed by atoms with Crippen molar-refractivity contribution >= 4 is 34.2 Å². The highest BCUT2D eigenvalue weighted by molar-refractivity contribution is 7.13. The highest BCUT2D eigenvalue weighted by Gasteiger charge is 2.39. The topological polar surface area (TPSA) is 117 Å². The summed E-state index contributed by atoms with van der Waals surface area (Å²) in [4.78, 5) is 42.5. The van der Waals surface area contributed by atoms with E-state index in [4.69, 9.17) is 5.73 Å². The Labute approximate surface area is 166 Å². The Hall–Kier alpha value is -2.78. The average molecular weight is 399 g/mol. The molecule has 1 fully saturated rings. The van der Waals surface area contributed by atoms with E-state index in [1.54, 1.807) is 11.0 Å². The fourth-order valence-corrected chi connectivity index (χ4v) is 4.38. The van der Waals surface area contributed by atoms with Crippen LogP contribution in [-0.2, 0) is 29.1 Å². The number of carbonyl (C=O) groups excluding carboxylic acids is 3. The lowest BCUT2D eigenvalue weighted by atomic mass is 10.0. The molecule has 1 aromatic heterocycles. The lowest BCUT2D eigenvalue weighted by Crippen LogP contribution is -2.52. The lowest BCUT2D eigenvalue weighted by molar-refractivity contribution is -0.136. The molecule has 1 aromatic carbocycles. The SMILES string of the molecule is NCCc1csc(NCc2cccc3c2CN(C2CCC(=O)NC2=O)C3=O)n1. The maximum Gasteiger partial charge on any atom is 0.255 e. The highest BCUT2D eigenvalue weighted by Crippen LogP contribution is 2.30. The number of imide groups is 1. The Bertz CT molecular complexity index is 941. The molecule has 146 valence electrons. The van der Waals surface area contributed by atoms with E-state index in [0.29, 0.717) is 31.6 Å². The summed E-state index contributed by atoms with van der Waals surface area (Å²) in [5.74, 6) is -0.842.